The summed E-state index contributed by atoms with van der Waals surface area (Å²) < 4.78 is 0. The van der Waals surface area contributed by atoms with Crippen LogP contribution in [0.4, 0.5) is 34.1 Å². The van der Waals surface area contributed by atoms with Gasteiger partial charge in [0, 0.05) is 11.4 Å². The zero-order chi connectivity index (χ0) is 23.4. The monoisotopic (exact) mass is 440 g/mol. The summed E-state index contributed by atoms with van der Waals surface area (Å²) >= 11 is 0. The number of benzene rings is 5. The van der Waals surface area contributed by atoms with Crippen molar-refractivity contribution in [3.63, 3.8) is 0 Å². The number of anilines is 6. The molecule has 5 aromatic carbocycles. The minimum absolute atomic E-state index is 1.18. The number of aryl methyl sites for hydroxylation is 4. The van der Waals surface area contributed by atoms with Crippen molar-refractivity contribution in [3.05, 3.63) is 119 Å². The van der Waals surface area contributed by atoms with Gasteiger partial charge in [0.25, 0.3) is 0 Å². The van der Waals surface area contributed by atoms with Gasteiger partial charge in [-0.2, -0.15) is 0 Å². The first-order valence-corrected chi connectivity index (χ1v) is 11.9. The molecule has 1 aliphatic heterocycles. The topological polar surface area (TPSA) is 6.48 Å². The normalized spacial score (nSPS) is 12.6. The second kappa shape index (κ2) is 7.78. The van der Waals surface area contributed by atoms with Gasteiger partial charge in [0.1, 0.15) is 0 Å². The summed E-state index contributed by atoms with van der Waals surface area (Å²) in [5.41, 5.74) is 12.3. The van der Waals surface area contributed by atoms with E-state index in [1.165, 1.54) is 67.2 Å². The average Bonchev–Trinajstić information content (AvgIpc) is 2.84. The van der Waals surface area contributed by atoms with Gasteiger partial charge in [0.2, 0.25) is 0 Å². The third kappa shape index (κ3) is 3.26. The van der Waals surface area contributed by atoms with Crippen LogP contribution in [-0.4, -0.2) is 0 Å². The third-order valence-corrected chi connectivity index (χ3v) is 6.98. The highest BCUT2D eigenvalue weighted by Crippen LogP contribution is 2.55. The fourth-order valence-electron chi connectivity index (χ4n) is 4.92. The molecule has 0 spiro atoms. The highest BCUT2D eigenvalue weighted by molar-refractivity contribution is 6.06. The van der Waals surface area contributed by atoms with Gasteiger partial charge in [0.05, 0.1) is 22.7 Å². The molecule has 5 aromatic rings. The maximum Gasteiger partial charge on any atom is 0.0709 e. The highest BCUT2D eigenvalue weighted by Gasteiger charge is 2.31. The Balaban J connectivity index is 1.71. The van der Waals surface area contributed by atoms with Gasteiger partial charge in [-0.15, -0.1) is 0 Å². The summed E-state index contributed by atoms with van der Waals surface area (Å²) in [5.74, 6) is 0. The molecule has 34 heavy (non-hydrogen) atoms. The average molecular weight is 441 g/mol. The van der Waals surface area contributed by atoms with E-state index in [4.69, 9.17) is 0 Å². The van der Waals surface area contributed by atoms with Crippen LogP contribution in [-0.2, 0) is 0 Å². The van der Waals surface area contributed by atoms with Gasteiger partial charge < -0.3 is 9.80 Å². The Morgan fingerprint density at radius 1 is 0.412 bits per heavy atom. The first-order chi connectivity index (χ1) is 16.5. The fourth-order valence-corrected chi connectivity index (χ4v) is 4.92. The van der Waals surface area contributed by atoms with E-state index in [1.54, 1.807) is 0 Å². The molecule has 0 N–H and O–H groups in total. The van der Waals surface area contributed by atoms with Gasteiger partial charge in [-0.25, -0.2) is 0 Å². The van der Waals surface area contributed by atoms with Crippen molar-refractivity contribution in [1.29, 1.82) is 0 Å². The SMILES string of the molecule is Cc1ccc(N2c3cc(C)c(C)cc3N(c3ccc(C)cc3)c3cc4ccccc4cc32)cc1. The molecule has 1 aliphatic rings. The van der Waals surface area contributed by atoms with Crippen LogP contribution in [0.2, 0.25) is 0 Å². The molecule has 166 valence electrons. The van der Waals surface area contributed by atoms with Crippen LogP contribution >= 0.6 is 0 Å². The molecule has 0 aromatic heterocycles. The molecule has 0 unspecified atom stereocenters. The van der Waals surface area contributed by atoms with E-state index in [2.05, 4.69) is 135 Å². The van der Waals surface area contributed by atoms with Crippen molar-refractivity contribution in [1.82, 2.24) is 0 Å². The molecular weight excluding hydrogens is 412 g/mol. The lowest BCUT2D eigenvalue weighted by Crippen LogP contribution is -2.24. The van der Waals surface area contributed by atoms with Crippen molar-refractivity contribution >= 4 is 44.9 Å². The number of hydrogen-bond donors (Lipinski definition) is 0. The Kier molecular flexibility index (Phi) is 4.70. The molecule has 0 aliphatic carbocycles. The predicted octanol–water partition coefficient (Wildman–Crippen LogP) is 9.33. The molecule has 2 heteroatoms. The molecule has 0 bridgehead atoms. The Labute approximate surface area is 201 Å². The van der Waals surface area contributed by atoms with Crippen molar-refractivity contribution in [2.45, 2.75) is 27.7 Å². The van der Waals surface area contributed by atoms with E-state index in [9.17, 15) is 0 Å². The van der Waals surface area contributed by atoms with E-state index in [0.29, 0.717) is 0 Å². The number of rotatable bonds is 2. The smallest absolute Gasteiger partial charge is 0.0709 e. The molecule has 0 amide bonds. The van der Waals surface area contributed by atoms with Crippen LogP contribution < -0.4 is 9.80 Å². The van der Waals surface area contributed by atoms with E-state index >= 15 is 0 Å². The molecular formula is C32H28N2. The molecule has 0 atom stereocenters. The van der Waals surface area contributed by atoms with E-state index in [-0.39, 0.29) is 0 Å². The fraction of sp³-hybridized carbons (Fsp3) is 0.125. The van der Waals surface area contributed by atoms with Crippen LogP contribution in [0.15, 0.2) is 97.1 Å². The van der Waals surface area contributed by atoms with E-state index in [0.717, 1.165) is 0 Å². The van der Waals surface area contributed by atoms with E-state index in [1.807, 2.05) is 0 Å². The molecule has 2 nitrogen and oxygen atoms in total. The second-order valence-electron chi connectivity index (χ2n) is 9.46. The third-order valence-electron chi connectivity index (χ3n) is 6.98. The summed E-state index contributed by atoms with van der Waals surface area (Å²) in [5, 5.41) is 2.49. The minimum atomic E-state index is 1.18. The Morgan fingerprint density at radius 2 is 0.765 bits per heavy atom. The maximum absolute atomic E-state index is 2.42. The maximum atomic E-state index is 2.42. The lowest BCUT2D eigenvalue weighted by atomic mass is 9.98. The highest BCUT2D eigenvalue weighted by atomic mass is 15.3. The van der Waals surface area contributed by atoms with Gasteiger partial charge in [-0.3, -0.25) is 0 Å². The number of nitrogens with zero attached hydrogens (tertiary/aromatic N) is 2. The molecule has 6 rings (SSSR count). The van der Waals surface area contributed by atoms with Gasteiger partial charge >= 0.3 is 0 Å². The summed E-state index contributed by atoms with van der Waals surface area (Å²) in [6, 6.07) is 35.7. The summed E-state index contributed by atoms with van der Waals surface area (Å²) in [7, 11) is 0. The van der Waals surface area contributed by atoms with Gasteiger partial charge in [-0.1, -0.05) is 59.7 Å². The number of fused-ring (bicyclic) bond motifs is 3. The van der Waals surface area contributed by atoms with Crippen LogP contribution in [0.5, 0.6) is 0 Å². The number of hydrogen-bond acceptors (Lipinski definition) is 2. The summed E-state index contributed by atoms with van der Waals surface area (Å²) in [4.78, 5) is 4.85. The first kappa shape index (κ1) is 20.6. The van der Waals surface area contributed by atoms with Crippen LogP contribution in [0.1, 0.15) is 22.3 Å². The Hall–Kier alpha value is -4.04. The standard InChI is InChI=1S/C32H28N2/c1-21-9-13-27(14-10-21)33-29-17-23(3)24(4)18-30(29)34(28-15-11-22(2)12-16-28)32-20-26-8-6-5-7-25(26)19-31(32)33/h5-20H,1-4H3. The zero-order valence-corrected chi connectivity index (χ0v) is 20.1. The summed E-state index contributed by atoms with van der Waals surface area (Å²) in [6.45, 7) is 8.69. The molecule has 0 saturated heterocycles. The Morgan fingerprint density at radius 3 is 1.15 bits per heavy atom. The van der Waals surface area contributed by atoms with Gasteiger partial charge in [0.15, 0.2) is 0 Å². The predicted molar refractivity (Wildman–Crippen MR) is 146 cm³/mol. The minimum Gasteiger partial charge on any atom is -0.306 e. The molecule has 0 fully saturated rings. The van der Waals surface area contributed by atoms with Crippen LogP contribution in [0.3, 0.4) is 0 Å². The van der Waals surface area contributed by atoms with E-state index < -0.39 is 0 Å². The van der Waals surface area contributed by atoms with Crippen molar-refractivity contribution in [2.24, 2.45) is 0 Å². The molecule has 0 radical (unpaired) electrons. The summed E-state index contributed by atoms with van der Waals surface area (Å²) in [6.07, 6.45) is 0. The largest absolute Gasteiger partial charge is 0.306 e. The quantitative estimate of drug-likeness (QED) is 0.265. The lowest BCUT2D eigenvalue weighted by Gasteiger charge is -2.41. The van der Waals surface area contributed by atoms with Crippen LogP contribution in [0.25, 0.3) is 10.8 Å². The lowest BCUT2D eigenvalue weighted by molar-refractivity contribution is 1.15. The molecule has 0 saturated carbocycles. The van der Waals surface area contributed by atoms with Crippen molar-refractivity contribution in [3.8, 4) is 0 Å². The van der Waals surface area contributed by atoms with Crippen molar-refractivity contribution in [2.75, 3.05) is 9.80 Å². The van der Waals surface area contributed by atoms with Crippen molar-refractivity contribution < 1.29 is 0 Å². The Bertz CT molecular complexity index is 1410. The molecule has 1 heterocycles. The first-order valence-electron chi connectivity index (χ1n) is 11.9. The zero-order valence-electron chi connectivity index (χ0n) is 20.1. The second-order valence-corrected chi connectivity index (χ2v) is 9.46. The van der Waals surface area contributed by atoms with Gasteiger partial charge in [-0.05, 0) is 98.1 Å². The van der Waals surface area contributed by atoms with Crippen LogP contribution in [0, 0.1) is 27.7 Å².